The first kappa shape index (κ1) is 15.5. The van der Waals surface area contributed by atoms with E-state index in [2.05, 4.69) is 10.3 Å². The molecule has 0 bridgehead atoms. The lowest BCUT2D eigenvalue weighted by molar-refractivity contribution is -0.116. The van der Waals surface area contributed by atoms with E-state index in [1.807, 2.05) is 36.6 Å². The number of aromatic nitrogens is 1. The van der Waals surface area contributed by atoms with Crippen LogP contribution in [0.3, 0.4) is 0 Å². The third-order valence-electron chi connectivity index (χ3n) is 3.11. The Labute approximate surface area is 128 Å². The van der Waals surface area contributed by atoms with Gasteiger partial charge in [-0.1, -0.05) is 12.1 Å². The maximum absolute atomic E-state index is 11.8. The van der Waals surface area contributed by atoms with Gasteiger partial charge in [0.1, 0.15) is 0 Å². The zero-order valence-electron chi connectivity index (χ0n) is 12.1. The summed E-state index contributed by atoms with van der Waals surface area (Å²) in [4.78, 5) is 16.2. The third-order valence-corrected chi connectivity index (χ3v) is 3.87. The van der Waals surface area contributed by atoms with E-state index in [0.29, 0.717) is 23.7 Å². The first-order valence-corrected chi connectivity index (χ1v) is 7.60. The third kappa shape index (κ3) is 4.54. The maximum atomic E-state index is 11.8. The molecule has 0 aliphatic rings. The van der Waals surface area contributed by atoms with Crippen molar-refractivity contribution >= 4 is 28.1 Å². The Morgan fingerprint density at radius 1 is 1.52 bits per heavy atom. The summed E-state index contributed by atoms with van der Waals surface area (Å²) in [6.07, 6.45) is 1.19. The second-order valence-electron chi connectivity index (χ2n) is 4.80. The molecule has 2 aromatic rings. The monoisotopic (exact) mass is 305 g/mol. The second-order valence-corrected chi connectivity index (χ2v) is 5.65. The van der Waals surface area contributed by atoms with Crippen LogP contribution in [-0.2, 0) is 9.53 Å². The van der Waals surface area contributed by atoms with Crippen LogP contribution in [0.1, 0.15) is 19.8 Å². The molecule has 0 fully saturated rings. The SMILES string of the molecule is COC(C)CCC(=O)Nc1nc(-c2cccc(N)c2)cs1. The summed E-state index contributed by atoms with van der Waals surface area (Å²) in [7, 11) is 1.64. The van der Waals surface area contributed by atoms with Crippen LogP contribution in [-0.4, -0.2) is 24.1 Å². The summed E-state index contributed by atoms with van der Waals surface area (Å²) in [5, 5.41) is 5.31. The average Bonchev–Trinajstić information content (AvgIpc) is 2.93. The van der Waals surface area contributed by atoms with Crippen molar-refractivity contribution in [3.63, 3.8) is 0 Å². The highest BCUT2D eigenvalue weighted by Gasteiger charge is 2.09. The lowest BCUT2D eigenvalue weighted by Gasteiger charge is -2.08. The minimum absolute atomic E-state index is 0.0487. The highest BCUT2D eigenvalue weighted by molar-refractivity contribution is 7.14. The molecule has 1 heterocycles. The topological polar surface area (TPSA) is 77.2 Å². The average molecular weight is 305 g/mol. The number of benzene rings is 1. The number of nitrogen functional groups attached to an aromatic ring is 1. The van der Waals surface area contributed by atoms with E-state index in [-0.39, 0.29) is 12.0 Å². The number of methoxy groups -OCH3 is 1. The summed E-state index contributed by atoms with van der Waals surface area (Å²) in [6.45, 7) is 1.94. The fourth-order valence-electron chi connectivity index (χ4n) is 1.80. The predicted octanol–water partition coefficient (Wildman–Crippen LogP) is 3.15. The summed E-state index contributed by atoms with van der Waals surface area (Å²) in [5.74, 6) is -0.0487. The van der Waals surface area contributed by atoms with E-state index in [4.69, 9.17) is 10.5 Å². The minimum Gasteiger partial charge on any atom is -0.399 e. The lowest BCUT2D eigenvalue weighted by atomic mass is 10.1. The van der Waals surface area contributed by atoms with Gasteiger partial charge in [0.05, 0.1) is 11.8 Å². The molecule has 1 amide bonds. The van der Waals surface area contributed by atoms with Crippen molar-refractivity contribution in [3.05, 3.63) is 29.6 Å². The molecule has 0 spiro atoms. The molecule has 1 atom stereocenters. The number of nitrogens with zero attached hydrogens (tertiary/aromatic N) is 1. The molecule has 1 unspecified atom stereocenters. The highest BCUT2D eigenvalue weighted by Crippen LogP contribution is 2.26. The van der Waals surface area contributed by atoms with Crippen LogP contribution < -0.4 is 11.1 Å². The maximum Gasteiger partial charge on any atom is 0.226 e. The van der Waals surface area contributed by atoms with Crippen LogP contribution in [0.15, 0.2) is 29.6 Å². The van der Waals surface area contributed by atoms with E-state index in [1.165, 1.54) is 11.3 Å². The molecular formula is C15H19N3O2S. The fraction of sp³-hybridized carbons (Fsp3) is 0.333. The number of rotatable bonds is 6. The van der Waals surface area contributed by atoms with Crippen LogP contribution in [0.2, 0.25) is 0 Å². The lowest BCUT2D eigenvalue weighted by Crippen LogP contribution is -2.14. The Kier molecular flexibility index (Phi) is 5.30. The molecule has 0 aliphatic carbocycles. The van der Waals surface area contributed by atoms with Crippen molar-refractivity contribution < 1.29 is 9.53 Å². The van der Waals surface area contributed by atoms with Gasteiger partial charge >= 0.3 is 0 Å². The van der Waals surface area contributed by atoms with Crippen LogP contribution in [0.25, 0.3) is 11.3 Å². The number of hydrogen-bond donors (Lipinski definition) is 2. The van der Waals surface area contributed by atoms with E-state index in [0.717, 1.165) is 11.3 Å². The number of ether oxygens (including phenoxy) is 1. The molecule has 112 valence electrons. The number of thiazole rings is 1. The van der Waals surface area contributed by atoms with Gasteiger partial charge in [0.2, 0.25) is 5.91 Å². The van der Waals surface area contributed by atoms with Gasteiger partial charge < -0.3 is 15.8 Å². The van der Waals surface area contributed by atoms with Crippen molar-refractivity contribution in [1.82, 2.24) is 4.98 Å². The molecule has 0 saturated heterocycles. The van der Waals surface area contributed by atoms with Crippen molar-refractivity contribution in [2.24, 2.45) is 0 Å². The number of nitrogens with one attached hydrogen (secondary N) is 1. The van der Waals surface area contributed by atoms with E-state index in [1.54, 1.807) is 7.11 Å². The van der Waals surface area contributed by atoms with E-state index in [9.17, 15) is 4.79 Å². The molecular weight excluding hydrogens is 286 g/mol. The van der Waals surface area contributed by atoms with Gasteiger partial charge in [-0.2, -0.15) is 0 Å². The normalized spacial score (nSPS) is 12.1. The van der Waals surface area contributed by atoms with Gasteiger partial charge in [0.25, 0.3) is 0 Å². The molecule has 6 heteroatoms. The molecule has 3 N–H and O–H groups in total. The number of anilines is 2. The van der Waals surface area contributed by atoms with Gasteiger partial charge in [0.15, 0.2) is 5.13 Å². The predicted molar refractivity (Wildman–Crippen MR) is 86.3 cm³/mol. The Morgan fingerprint density at radius 2 is 2.33 bits per heavy atom. The molecule has 0 radical (unpaired) electrons. The molecule has 1 aromatic carbocycles. The smallest absolute Gasteiger partial charge is 0.226 e. The van der Waals surface area contributed by atoms with Gasteiger partial charge in [-0.05, 0) is 25.5 Å². The Hall–Kier alpha value is -1.92. The summed E-state index contributed by atoms with van der Waals surface area (Å²) in [5.41, 5.74) is 8.21. The van der Waals surface area contributed by atoms with E-state index < -0.39 is 0 Å². The molecule has 0 aliphatic heterocycles. The molecule has 5 nitrogen and oxygen atoms in total. The zero-order chi connectivity index (χ0) is 15.2. The molecule has 21 heavy (non-hydrogen) atoms. The first-order valence-electron chi connectivity index (χ1n) is 6.72. The zero-order valence-corrected chi connectivity index (χ0v) is 12.9. The molecule has 1 aromatic heterocycles. The van der Waals surface area contributed by atoms with Crippen molar-refractivity contribution in [2.45, 2.75) is 25.9 Å². The van der Waals surface area contributed by atoms with Gasteiger partial charge in [0, 0.05) is 30.2 Å². The molecule has 0 saturated carbocycles. The van der Waals surface area contributed by atoms with Crippen LogP contribution in [0, 0.1) is 0 Å². The summed E-state index contributed by atoms with van der Waals surface area (Å²) < 4.78 is 5.12. The quantitative estimate of drug-likeness (QED) is 0.804. The number of carbonyl (C=O) groups excluding carboxylic acids is 1. The van der Waals surface area contributed by atoms with Crippen molar-refractivity contribution in [2.75, 3.05) is 18.2 Å². The largest absolute Gasteiger partial charge is 0.399 e. The van der Waals surface area contributed by atoms with Gasteiger partial charge in [-0.3, -0.25) is 4.79 Å². The van der Waals surface area contributed by atoms with E-state index >= 15 is 0 Å². The van der Waals surface area contributed by atoms with Crippen LogP contribution in [0.4, 0.5) is 10.8 Å². The summed E-state index contributed by atoms with van der Waals surface area (Å²) in [6, 6.07) is 7.52. The van der Waals surface area contributed by atoms with Gasteiger partial charge in [-0.25, -0.2) is 4.98 Å². The van der Waals surface area contributed by atoms with Crippen molar-refractivity contribution in [1.29, 1.82) is 0 Å². The number of nitrogens with two attached hydrogens (primary N) is 1. The fourth-order valence-corrected chi connectivity index (χ4v) is 2.53. The molecule has 2 rings (SSSR count). The highest BCUT2D eigenvalue weighted by atomic mass is 32.1. The Bertz CT molecular complexity index is 612. The second kappa shape index (κ2) is 7.19. The Balaban J connectivity index is 1.96. The number of hydrogen-bond acceptors (Lipinski definition) is 5. The van der Waals surface area contributed by atoms with Crippen LogP contribution in [0.5, 0.6) is 0 Å². The summed E-state index contributed by atoms with van der Waals surface area (Å²) >= 11 is 1.40. The van der Waals surface area contributed by atoms with Crippen molar-refractivity contribution in [3.8, 4) is 11.3 Å². The number of amides is 1. The standard InChI is InChI=1S/C15H19N3O2S/c1-10(20-2)6-7-14(19)18-15-17-13(9-21-15)11-4-3-5-12(16)8-11/h3-5,8-10H,6-7,16H2,1-2H3,(H,17,18,19). The number of carbonyl (C=O) groups is 1. The first-order chi connectivity index (χ1) is 10.1. The van der Waals surface area contributed by atoms with Crippen LogP contribution >= 0.6 is 11.3 Å². The minimum atomic E-state index is -0.0487. The van der Waals surface area contributed by atoms with Gasteiger partial charge in [-0.15, -0.1) is 11.3 Å². The Morgan fingerprint density at radius 3 is 3.05 bits per heavy atom.